The lowest BCUT2D eigenvalue weighted by Crippen LogP contribution is -2.01. The molecule has 0 spiro atoms. The highest BCUT2D eigenvalue weighted by Gasteiger charge is 2.13. The monoisotopic (exact) mass is 361 g/mol. The molecule has 0 aromatic carbocycles. The van der Waals surface area contributed by atoms with Crippen LogP contribution in [0.2, 0.25) is 0 Å². The maximum atomic E-state index is 10.0. The Morgan fingerprint density at radius 1 is 1.31 bits per heavy atom. The van der Waals surface area contributed by atoms with Gasteiger partial charge < -0.3 is 5.11 Å². The van der Waals surface area contributed by atoms with Crippen LogP contribution in [-0.2, 0) is 6.42 Å². The van der Waals surface area contributed by atoms with Crippen LogP contribution in [0.1, 0.15) is 16.7 Å². The highest BCUT2D eigenvalue weighted by Crippen LogP contribution is 2.30. The number of nitrogens with zero attached hydrogens (tertiary/aromatic N) is 1. The second kappa shape index (κ2) is 5.40. The number of pyridine rings is 1. The molecular weight excluding hydrogens is 354 g/mol. The minimum atomic E-state index is -0.497. The fraction of sp³-hybridized carbons (Fsp3) is 0.182. The highest BCUT2D eigenvalue weighted by molar-refractivity contribution is 9.10. The van der Waals surface area contributed by atoms with Crippen molar-refractivity contribution in [2.45, 2.75) is 12.5 Å². The predicted molar refractivity (Wildman–Crippen MR) is 72.6 cm³/mol. The van der Waals surface area contributed by atoms with Crippen molar-refractivity contribution in [3.63, 3.8) is 0 Å². The Morgan fingerprint density at radius 2 is 2.12 bits per heavy atom. The number of thiophene rings is 1. The molecule has 2 nitrogen and oxygen atoms in total. The number of aliphatic hydroxyl groups is 1. The van der Waals surface area contributed by atoms with Gasteiger partial charge in [-0.15, -0.1) is 11.3 Å². The molecule has 0 bridgehead atoms. The normalized spacial score (nSPS) is 12.7. The van der Waals surface area contributed by atoms with E-state index in [1.807, 2.05) is 23.6 Å². The molecule has 1 atom stereocenters. The van der Waals surface area contributed by atoms with Gasteiger partial charge in [-0.25, -0.2) is 0 Å². The summed E-state index contributed by atoms with van der Waals surface area (Å²) in [4.78, 5) is 5.19. The molecule has 0 saturated heterocycles. The molecule has 0 aliphatic rings. The smallest absolute Gasteiger partial charge is 0.0948 e. The molecule has 0 aliphatic heterocycles. The Hall–Kier alpha value is -0.230. The number of halogens is 2. The topological polar surface area (TPSA) is 33.1 Å². The first-order valence-electron chi connectivity index (χ1n) is 4.68. The second-order valence-corrected chi connectivity index (χ2v) is 6.04. The SMILES string of the molecule is OC(Cc1ccc(Br)cn1)c1sccc1Br. The maximum Gasteiger partial charge on any atom is 0.0948 e. The van der Waals surface area contributed by atoms with Crippen molar-refractivity contribution < 1.29 is 5.11 Å². The van der Waals surface area contributed by atoms with Crippen LogP contribution >= 0.6 is 43.2 Å². The van der Waals surface area contributed by atoms with E-state index in [0.717, 1.165) is 19.5 Å². The van der Waals surface area contributed by atoms with Gasteiger partial charge in [-0.2, -0.15) is 0 Å². The Balaban J connectivity index is 2.10. The van der Waals surface area contributed by atoms with Gasteiger partial charge >= 0.3 is 0 Å². The van der Waals surface area contributed by atoms with Crippen LogP contribution in [0.5, 0.6) is 0 Å². The Bertz CT molecular complexity index is 469. The zero-order valence-electron chi connectivity index (χ0n) is 8.23. The van der Waals surface area contributed by atoms with E-state index >= 15 is 0 Å². The minimum Gasteiger partial charge on any atom is -0.387 e. The fourth-order valence-electron chi connectivity index (χ4n) is 1.36. The lowest BCUT2D eigenvalue weighted by molar-refractivity contribution is 0.180. The van der Waals surface area contributed by atoms with Crippen molar-refractivity contribution in [1.82, 2.24) is 4.98 Å². The molecule has 16 heavy (non-hydrogen) atoms. The van der Waals surface area contributed by atoms with Gasteiger partial charge in [0.2, 0.25) is 0 Å². The first kappa shape index (κ1) is 12.2. The summed E-state index contributed by atoms with van der Waals surface area (Å²) in [6, 6.07) is 5.78. The van der Waals surface area contributed by atoms with E-state index in [1.54, 1.807) is 17.5 Å². The van der Waals surface area contributed by atoms with Crippen molar-refractivity contribution in [1.29, 1.82) is 0 Å². The van der Waals surface area contributed by atoms with E-state index in [1.165, 1.54) is 0 Å². The van der Waals surface area contributed by atoms with Gasteiger partial charge in [0.25, 0.3) is 0 Å². The van der Waals surface area contributed by atoms with Gasteiger partial charge in [-0.1, -0.05) is 0 Å². The molecule has 2 aromatic heterocycles. The zero-order chi connectivity index (χ0) is 11.5. The van der Waals surface area contributed by atoms with Crippen LogP contribution in [0.25, 0.3) is 0 Å². The van der Waals surface area contributed by atoms with Gasteiger partial charge in [-0.05, 0) is 55.4 Å². The first-order valence-corrected chi connectivity index (χ1v) is 7.15. The van der Waals surface area contributed by atoms with Crippen molar-refractivity contribution in [2.75, 3.05) is 0 Å². The van der Waals surface area contributed by atoms with Crippen LogP contribution in [0, 0.1) is 0 Å². The number of rotatable bonds is 3. The van der Waals surface area contributed by atoms with Crippen molar-refractivity contribution >= 4 is 43.2 Å². The third-order valence-electron chi connectivity index (χ3n) is 2.14. The molecule has 0 amide bonds. The first-order chi connectivity index (χ1) is 7.66. The largest absolute Gasteiger partial charge is 0.387 e. The molecule has 5 heteroatoms. The second-order valence-electron chi connectivity index (χ2n) is 3.32. The van der Waals surface area contributed by atoms with Crippen molar-refractivity contribution in [2.24, 2.45) is 0 Å². The number of hydrogen-bond donors (Lipinski definition) is 1. The van der Waals surface area contributed by atoms with Gasteiger partial charge in [0, 0.05) is 32.1 Å². The molecule has 0 fully saturated rings. The molecular formula is C11H9Br2NOS. The van der Waals surface area contributed by atoms with Gasteiger partial charge in [0.1, 0.15) is 0 Å². The summed E-state index contributed by atoms with van der Waals surface area (Å²) in [7, 11) is 0. The molecule has 1 unspecified atom stereocenters. The maximum absolute atomic E-state index is 10.0. The summed E-state index contributed by atoms with van der Waals surface area (Å²) in [6.07, 6.45) is 1.78. The Morgan fingerprint density at radius 3 is 2.69 bits per heavy atom. The molecule has 2 heterocycles. The van der Waals surface area contributed by atoms with E-state index in [-0.39, 0.29) is 0 Å². The Kier molecular flexibility index (Phi) is 4.13. The summed E-state index contributed by atoms with van der Waals surface area (Å²) in [5, 5.41) is 12.0. The van der Waals surface area contributed by atoms with E-state index in [0.29, 0.717) is 6.42 Å². The van der Waals surface area contributed by atoms with Gasteiger partial charge in [-0.3, -0.25) is 4.98 Å². The Labute approximate surface area is 115 Å². The average Bonchev–Trinajstić information content (AvgIpc) is 2.68. The number of aliphatic hydroxyl groups excluding tert-OH is 1. The molecule has 2 rings (SSSR count). The van der Waals surface area contributed by atoms with Crippen molar-refractivity contribution in [3.05, 3.63) is 49.3 Å². The number of hydrogen-bond acceptors (Lipinski definition) is 3. The molecule has 0 saturated carbocycles. The quantitative estimate of drug-likeness (QED) is 0.896. The van der Waals surface area contributed by atoms with Crippen LogP contribution in [0.4, 0.5) is 0 Å². The molecule has 84 valence electrons. The standard InChI is InChI=1S/C11H9Br2NOS/c12-7-1-2-8(14-6-7)5-10(15)11-9(13)3-4-16-11/h1-4,6,10,15H,5H2. The van der Waals surface area contributed by atoms with Crippen LogP contribution < -0.4 is 0 Å². The summed E-state index contributed by atoms with van der Waals surface area (Å²) < 4.78 is 1.91. The minimum absolute atomic E-state index is 0.497. The summed E-state index contributed by atoms with van der Waals surface area (Å²) in [5.41, 5.74) is 0.885. The van der Waals surface area contributed by atoms with E-state index in [4.69, 9.17) is 0 Å². The van der Waals surface area contributed by atoms with Crippen LogP contribution in [0.15, 0.2) is 38.7 Å². The van der Waals surface area contributed by atoms with E-state index in [2.05, 4.69) is 36.8 Å². The van der Waals surface area contributed by atoms with Crippen LogP contribution in [0.3, 0.4) is 0 Å². The highest BCUT2D eigenvalue weighted by atomic mass is 79.9. The third kappa shape index (κ3) is 2.91. The predicted octanol–water partition coefficient (Wildman–Crippen LogP) is 3.94. The summed E-state index contributed by atoms with van der Waals surface area (Å²) in [5.74, 6) is 0. The molecule has 1 N–H and O–H groups in total. The lowest BCUT2D eigenvalue weighted by atomic mass is 10.1. The molecule has 0 radical (unpaired) electrons. The van der Waals surface area contributed by atoms with Crippen LogP contribution in [-0.4, -0.2) is 10.1 Å². The zero-order valence-corrected chi connectivity index (χ0v) is 12.2. The van der Waals surface area contributed by atoms with E-state index < -0.39 is 6.10 Å². The third-order valence-corrected chi connectivity index (χ3v) is 4.58. The van der Waals surface area contributed by atoms with Gasteiger partial charge in [0.05, 0.1) is 6.10 Å². The number of aromatic nitrogens is 1. The average molecular weight is 363 g/mol. The van der Waals surface area contributed by atoms with Crippen molar-refractivity contribution in [3.8, 4) is 0 Å². The summed E-state index contributed by atoms with van der Waals surface area (Å²) >= 11 is 8.29. The fourth-order valence-corrected chi connectivity index (χ4v) is 3.22. The lowest BCUT2D eigenvalue weighted by Gasteiger charge is -2.08. The van der Waals surface area contributed by atoms with Gasteiger partial charge in [0.15, 0.2) is 0 Å². The molecule has 0 aliphatic carbocycles. The molecule has 2 aromatic rings. The van der Waals surface area contributed by atoms with E-state index in [9.17, 15) is 5.11 Å². The summed E-state index contributed by atoms with van der Waals surface area (Å²) in [6.45, 7) is 0.